The third-order valence-corrected chi connectivity index (χ3v) is 2.86. The lowest BCUT2D eigenvalue weighted by molar-refractivity contribution is -0.137. The summed E-state index contributed by atoms with van der Waals surface area (Å²) in [6.07, 6.45) is 1.55. The van der Waals surface area contributed by atoms with E-state index in [0.29, 0.717) is 13.0 Å². The maximum atomic E-state index is 10.4. The zero-order valence-corrected chi connectivity index (χ0v) is 11.7. The molecule has 110 valence electrons. The van der Waals surface area contributed by atoms with Crippen LogP contribution in [0, 0.1) is 0 Å². The molecule has 0 heterocycles. The predicted molar refractivity (Wildman–Crippen MR) is 79.9 cm³/mol. The van der Waals surface area contributed by atoms with Gasteiger partial charge in [-0.15, -0.1) is 0 Å². The molecule has 0 saturated heterocycles. The van der Waals surface area contributed by atoms with E-state index in [-0.39, 0.29) is 6.42 Å². The van der Waals surface area contributed by atoms with Crippen LogP contribution in [0.2, 0.25) is 0 Å². The van der Waals surface area contributed by atoms with Gasteiger partial charge in [0.1, 0.15) is 17.2 Å². The van der Waals surface area contributed by atoms with E-state index in [1.165, 1.54) is 0 Å². The van der Waals surface area contributed by atoms with Crippen LogP contribution < -0.4 is 9.47 Å². The summed E-state index contributed by atoms with van der Waals surface area (Å²) in [6.45, 7) is 0.520. The molecule has 2 rings (SSSR count). The molecule has 1 N–H and O–H groups in total. The van der Waals surface area contributed by atoms with Crippen molar-refractivity contribution in [3.8, 4) is 17.2 Å². The predicted octanol–water partition coefficient (Wildman–Crippen LogP) is 4.11. The fourth-order valence-corrected chi connectivity index (χ4v) is 1.80. The summed E-state index contributed by atoms with van der Waals surface area (Å²) >= 11 is 0. The Hall–Kier alpha value is -2.49. The van der Waals surface area contributed by atoms with Crippen molar-refractivity contribution in [3.63, 3.8) is 0 Å². The van der Waals surface area contributed by atoms with Crippen LogP contribution in [0.3, 0.4) is 0 Å². The standard InChI is InChI=1S/C17H18O4/c18-17(19)8-4-5-13-20-14-9-11-16(12-10-14)21-15-6-2-1-3-7-15/h1-3,6-7,9-12H,4-5,8,13H2,(H,18,19). The van der Waals surface area contributed by atoms with Gasteiger partial charge in [0.25, 0.3) is 0 Å². The zero-order valence-electron chi connectivity index (χ0n) is 11.7. The first-order chi connectivity index (χ1) is 10.2. The van der Waals surface area contributed by atoms with Crippen molar-refractivity contribution in [2.75, 3.05) is 6.61 Å². The molecule has 4 heteroatoms. The van der Waals surface area contributed by atoms with Crippen LogP contribution in [0.15, 0.2) is 54.6 Å². The Morgan fingerprint density at radius 3 is 2.14 bits per heavy atom. The maximum absolute atomic E-state index is 10.4. The number of benzene rings is 2. The number of unbranched alkanes of at least 4 members (excludes halogenated alkanes) is 1. The largest absolute Gasteiger partial charge is 0.494 e. The smallest absolute Gasteiger partial charge is 0.303 e. The van der Waals surface area contributed by atoms with Crippen molar-refractivity contribution in [1.29, 1.82) is 0 Å². The van der Waals surface area contributed by atoms with E-state index < -0.39 is 5.97 Å². The van der Waals surface area contributed by atoms with E-state index in [9.17, 15) is 4.79 Å². The van der Waals surface area contributed by atoms with E-state index in [1.807, 2.05) is 54.6 Å². The monoisotopic (exact) mass is 286 g/mol. The van der Waals surface area contributed by atoms with Crippen molar-refractivity contribution in [2.45, 2.75) is 19.3 Å². The topological polar surface area (TPSA) is 55.8 Å². The molecule has 0 aliphatic rings. The number of ether oxygens (including phenoxy) is 2. The summed E-state index contributed by atoms with van der Waals surface area (Å²) in [5.41, 5.74) is 0. The van der Waals surface area contributed by atoms with Crippen LogP contribution in [0.1, 0.15) is 19.3 Å². The lowest BCUT2D eigenvalue weighted by atomic mass is 10.2. The molecular weight excluding hydrogens is 268 g/mol. The van der Waals surface area contributed by atoms with Crippen LogP contribution in [0.4, 0.5) is 0 Å². The number of hydrogen-bond acceptors (Lipinski definition) is 3. The van der Waals surface area contributed by atoms with Gasteiger partial charge in [-0.3, -0.25) is 4.79 Å². The summed E-state index contributed by atoms with van der Waals surface area (Å²) in [4.78, 5) is 10.4. The maximum Gasteiger partial charge on any atom is 0.303 e. The van der Waals surface area contributed by atoms with Gasteiger partial charge < -0.3 is 14.6 Å². The quantitative estimate of drug-likeness (QED) is 0.742. The second-order valence-corrected chi connectivity index (χ2v) is 4.59. The fraction of sp³-hybridized carbons (Fsp3) is 0.235. The second kappa shape index (κ2) is 7.94. The number of para-hydroxylation sites is 1. The number of rotatable bonds is 8. The number of carboxylic acids is 1. The Balaban J connectivity index is 1.75. The molecule has 0 radical (unpaired) electrons. The van der Waals surface area contributed by atoms with E-state index in [1.54, 1.807) is 0 Å². The summed E-state index contributed by atoms with van der Waals surface area (Å²) in [7, 11) is 0. The van der Waals surface area contributed by atoms with Crippen molar-refractivity contribution >= 4 is 5.97 Å². The average Bonchev–Trinajstić information content (AvgIpc) is 2.49. The number of aliphatic carboxylic acids is 1. The lowest BCUT2D eigenvalue weighted by Gasteiger charge is -2.08. The molecule has 0 aromatic heterocycles. The zero-order chi connectivity index (χ0) is 14.9. The van der Waals surface area contributed by atoms with Crippen LogP contribution >= 0.6 is 0 Å². The van der Waals surface area contributed by atoms with Gasteiger partial charge in [0.2, 0.25) is 0 Å². The molecule has 4 nitrogen and oxygen atoms in total. The Labute approximate surface area is 123 Å². The summed E-state index contributed by atoms with van der Waals surface area (Å²) < 4.78 is 11.2. The molecule has 0 spiro atoms. The van der Waals surface area contributed by atoms with Crippen LogP contribution in [-0.4, -0.2) is 17.7 Å². The Kier molecular flexibility index (Phi) is 5.64. The van der Waals surface area contributed by atoms with E-state index in [2.05, 4.69) is 0 Å². The number of carboxylic acid groups (broad SMARTS) is 1. The third kappa shape index (κ3) is 5.57. The Bertz CT molecular complexity index is 549. The van der Waals surface area contributed by atoms with Crippen molar-refractivity contribution in [3.05, 3.63) is 54.6 Å². The fourth-order valence-electron chi connectivity index (χ4n) is 1.80. The number of carbonyl (C=O) groups is 1. The molecule has 0 aliphatic carbocycles. The molecule has 0 aliphatic heterocycles. The van der Waals surface area contributed by atoms with Crippen molar-refractivity contribution < 1.29 is 19.4 Å². The molecule has 2 aromatic rings. The van der Waals surface area contributed by atoms with E-state index in [0.717, 1.165) is 23.7 Å². The lowest BCUT2D eigenvalue weighted by Crippen LogP contribution is -2.00. The molecule has 21 heavy (non-hydrogen) atoms. The minimum absolute atomic E-state index is 0.188. The van der Waals surface area contributed by atoms with Gasteiger partial charge in [-0.05, 0) is 49.2 Å². The summed E-state index contributed by atoms with van der Waals surface area (Å²) in [6, 6.07) is 17.0. The third-order valence-electron chi connectivity index (χ3n) is 2.86. The Morgan fingerprint density at radius 1 is 0.857 bits per heavy atom. The molecule has 0 atom stereocenters. The van der Waals surface area contributed by atoms with Crippen molar-refractivity contribution in [1.82, 2.24) is 0 Å². The first kappa shape index (κ1) is 14.9. The molecule has 0 amide bonds. The Morgan fingerprint density at radius 2 is 1.48 bits per heavy atom. The van der Waals surface area contributed by atoms with Gasteiger partial charge >= 0.3 is 5.97 Å². The normalized spacial score (nSPS) is 10.1. The van der Waals surface area contributed by atoms with Crippen molar-refractivity contribution in [2.24, 2.45) is 0 Å². The van der Waals surface area contributed by atoms with Gasteiger partial charge in [0.05, 0.1) is 6.61 Å². The summed E-state index contributed by atoms with van der Waals surface area (Å²) in [5, 5.41) is 8.53. The molecule has 0 fully saturated rings. The van der Waals surface area contributed by atoms with E-state index in [4.69, 9.17) is 14.6 Å². The van der Waals surface area contributed by atoms with Gasteiger partial charge in [-0.25, -0.2) is 0 Å². The first-order valence-corrected chi connectivity index (χ1v) is 6.91. The summed E-state index contributed by atoms with van der Waals surface area (Å²) in [5.74, 6) is 1.53. The molecule has 2 aromatic carbocycles. The minimum Gasteiger partial charge on any atom is -0.494 e. The minimum atomic E-state index is -0.766. The SMILES string of the molecule is O=C(O)CCCCOc1ccc(Oc2ccccc2)cc1. The first-order valence-electron chi connectivity index (χ1n) is 6.91. The van der Waals surface area contributed by atoms with Crippen LogP contribution in [-0.2, 0) is 4.79 Å². The van der Waals surface area contributed by atoms with Gasteiger partial charge in [-0.2, -0.15) is 0 Å². The van der Waals surface area contributed by atoms with Crippen LogP contribution in [0.25, 0.3) is 0 Å². The highest BCUT2D eigenvalue weighted by molar-refractivity contribution is 5.66. The molecule has 0 bridgehead atoms. The average molecular weight is 286 g/mol. The highest BCUT2D eigenvalue weighted by atomic mass is 16.5. The highest BCUT2D eigenvalue weighted by Gasteiger charge is 1.99. The van der Waals surface area contributed by atoms with E-state index >= 15 is 0 Å². The highest BCUT2D eigenvalue weighted by Crippen LogP contribution is 2.23. The van der Waals surface area contributed by atoms with Gasteiger partial charge in [0.15, 0.2) is 0 Å². The molecule has 0 unspecified atom stereocenters. The number of hydrogen-bond donors (Lipinski definition) is 1. The van der Waals surface area contributed by atoms with Gasteiger partial charge in [-0.1, -0.05) is 18.2 Å². The molecular formula is C17H18O4. The van der Waals surface area contributed by atoms with Gasteiger partial charge in [0, 0.05) is 6.42 Å². The second-order valence-electron chi connectivity index (χ2n) is 4.59. The molecule has 0 saturated carbocycles. The van der Waals surface area contributed by atoms with Crippen LogP contribution in [0.5, 0.6) is 17.2 Å².